The van der Waals surface area contributed by atoms with E-state index in [4.69, 9.17) is 5.11 Å². The molecule has 0 saturated heterocycles. The molecule has 31 heavy (non-hydrogen) atoms. The molecule has 0 aromatic carbocycles. The lowest BCUT2D eigenvalue weighted by Gasteiger charge is -2.61. The van der Waals surface area contributed by atoms with Gasteiger partial charge in [0.05, 0.1) is 0 Å². The number of carboxylic acids is 1. The van der Waals surface area contributed by atoms with Gasteiger partial charge in [-0.3, -0.25) is 4.79 Å². The Morgan fingerprint density at radius 1 is 0.968 bits per heavy atom. The first-order valence-electron chi connectivity index (χ1n) is 13.8. The minimum Gasteiger partial charge on any atom is -0.481 e. The number of hydrogen-bond donors (Lipinski definition) is 1. The molecule has 2 heteroatoms. The fourth-order valence-corrected chi connectivity index (χ4v) is 8.62. The second-order valence-corrected chi connectivity index (χ2v) is 10.9. The maximum Gasteiger partial charge on any atom is 0.303 e. The van der Waals surface area contributed by atoms with Crippen molar-refractivity contribution < 1.29 is 9.90 Å². The van der Waals surface area contributed by atoms with E-state index in [2.05, 4.69) is 26.8 Å². The third kappa shape index (κ3) is 4.93. The number of allylic oxidation sites excluding steroid dienone is 2. The topological polar surface area (TPSA) is 37.3 Å². The molecule has 1 N–H and O–H groups in total. The van der Waals surface area contributed by atoms with Gasteiger partial charge in [0.25, 0.3) is 0 Å². The van der Waals surface area contributed by atoms with Crippen LogP contribution in [-0.4, -0.2) is 11.1 Å². The molecule has 4 aliphatic rings. The Morgan fingerprint density at radius 2 is 1.65 bits per heavy atom. The molecule has 4 saturated carbocycles. The van der Waals surface area contributed by atoms with E-state index in [9.17, 15) is 4.79 Å². The lowest BCUT2D eigenvalue weighted by molar-refractivity contribution is -0.137. The first-order chi connectivity index (χ1) is 14.9. The molecule has 0 amide bonds. The van der Waals surface area contributed by atoms with E-state index in [0.717, 1.165) is 42.4 Å². The van der Waals surface area contributed by atoms with Crippen molar-refractivity contribution in [2.75, 3.05) is 0 Å². The van der Waals surface area contributed by atoms with Crippen molar-refractivity contribution in [1.29, 1.82) is 0 Å². The van der Waals surface area contributed by atoms with Gasteiger partial charge in [-0.1, -0.05) is 66.0 Å². The van der Waals surface area contributed by atoms with Gasteiger partial charge in [-0.15, -0.1) is 0 Å². The molecular formula is C29H52O2. The monoisotopic (exact) mass is 432 g/mol. The molecule has 7 atom stereocenters. The second kappa shape index (κ2) is 11.4. The molecule has 4 rings (SSSR count). The van der Waals surface area contributed by atoms with Gasteiger partial charge in [0, 0.05) is 6.42 Å². The summed E-state index contributed by atoms with van der Waals surface area (Å²) in [6.07, 6.45) is 17.5. The van der Waals surface area contributed by atoms with Crippen molar-refractivity contribution in [2.45, 2.75) is 126 Å². The average Bonchev–Trinajstić information content (AvgIpc) is 3.12. The zero-order valence-electron chi connectivity index (χ0n) is 21.8. The fourth-order valence-electron chi connectivity index (χ4n) is 8.62. The normalized spacial score (nSPS) is 42.2. The van der Waals surface area contributed by atoms with E-state index in [1.807, 2.05) is 27.7 Å². The lowest BCUT2D eigenvalue weighted by atomic mass is 9.44. The Morgan fingerprint density at radius 3 is 2.29 bits per heavy atom. The van der Waals surface area contributed by atoms with Crippen LogP contribution in [0.5, 0.6) is 0 Å². The number of carboxylic acid groups (broad SMARTS) is 1. The Kier molecular flexibility index (Phi) is 9.71. The van der Waals surface area contributed by atoms with E-state index < -0.39 is 5.97 Å². The Balaban J connectivity index is 0.000000807. The Hall–Kier alpha value is -0.790. The van der Waals surface area contributed by atoms with Gasteiger partial charge in [-0.05, 0) is 105 Å². The minimum absolute atomic E-state index is 0.353. The summed E-state index contributed by atoms with van der Waals surface area (Å²) >= 11 is 0. The Labute approximate surface area is 193 Å². The lowest BCUT2D eigenvalue weighted by Crippen LogP contribution is -2.53. The quantitative estimate of drug-likeness (QED) is 0.450. The van der Waals surface area contributed by atoms with Crippen LogP contribution < -0.4 is 0 Å². The maximum absolute atomic E-state index is 11.0. The summed E-state index contributed by atoms with van der Waals surface area (Å²) in [6.45, 7) is 15.5. The zero-order valence-corrected chi connectivity index (χ0v) is 21.8. The molecule has 0 spiro atoms. The molecule has 0 bridgehead atoms. The van der Waals surface area contributed by atoms with Crippen LogP contribution in [0.1, 0.15) is 126 Å². The van der Waals surface area contributed by atoms with Crippen LogP contribution >= 0.6 is 0 Å². The smallest absolute Gasteiger partial charge is 0.303 e. The molecule has 0 aliphatic heterocycles. The van der Waals surface area contributed by atoms with E-state index >= 15 is 0 Å². The van der Waals surface area contributed by atoms with Crippen LogP contribution in [0, 0.1) is 40.4 Å². The number of aliphatic carboxylic acids is 1. The number of carbonyl (C=O) groups is 1. The molecule has 0 aromatic rings. The molecule has 180 valence electrons. The highest BCUT2D eigenvalue weighted by atomic mass is 16.4. The molecule has 0 aromatic heterocycles. The molecule has 4 aliphatic carbocycles. The molecule has 0 heterocycles. The Bertz CT molecular complexity index is 608. The maximum atomic E-state index is 11.0. The molecule has 0 radical (unpaired) electrons. The highest BCUT2D eigenvalue weighted by Gasteiger charge is 2.60. The summed E-state index contributed by atoms with van der Waals surface area (Å²) < 4.78 is 0. The minimum atomic E-state index is -0.625. The van der Waals surface area contributed by atoms with Crippen molar-refractivity contribution in [2.24, 2.45) is 40.4 Å². The predicted octanol–water partition coefficient (Wildman–Crippen LogP) is 8.90. The van der Waals surface area contributed by atoms with Gasteiger partial charge in [0.2, 0.25) is 0 Å². The van der Waals surface area contributed by atoms with Gasteiger partial charge in [-0.25, -0.2) is 0 Å². The van der Waals surface area contributed by atoms with E-state index in [0.29, 0.717) is 17.3 Å². The molecular weight excluding hydrogens is 380 g/mol. The van der Waals surface area contributed by atoms with Gasteiger partial charge in [0.1, 0.15) is 0 Å². The SMILES string of the molecule is C/C=C1/CC2C3CCC(CCCC(=O)O)C3(C)CCC2C2(C)CCCCC12.CC.CC. The summed E-state index contributed by atoms with van der Waals surface area (Å²) in [6, 6.07) is 0. The highest BCUT2D eigenvalue weighted by molar-refractivity contribution is 5.66. The third-order valence-electron chi connectivity index (χ3n) is 9.97. The van der Waals surface area contributed by atoms with Crippen LogP contribution in [0.2, 0.25) is 0 Å². The van der Waals surface area contributed by atoms with Gasteiger partial charge in [0.15, 0.2) is 0 Å². The van der Waals surface area contributed by atoms with Crippen molar-refractivity contribution >= 4 is 5.97 Å². The zero-order chi connectivity index (χ0) is 23.2. The van der Waals surface area contributed by atoms with Crippen LogP contribution in [0.15, 0.2) is 11.6 Å². The average molecular weight is 433 g/mol. The van der Waals surface area contributed by atoms with Crippen LogP contribution in [0.3, 0.4) is 0 Å². The fraction of sp³-hybridized carbons (Fsp3) is 0.897. The van der Waals surface area contributed by atoms with Gasteiger partial charge < -0.3 is 5.11 Å². The predicted molar refractivity (Wildman–Crippen MR) is 133 cm³/mol. The van der Waals surface area contributed by atoms with E-state index in [1.54, 1.807) is 5.57 Å². The molecule has 7 unspecified atom stereocenters. The summed E-state index contributed by atoms with van der Waals surface area (Å²) in [5, 5.41) is 9.03. The van der Waals surface area contributed by atoms with Crippen molar-refractivity contribution in [3.8, 4) is 0 Å². The van der Waals surface area contributed by atoms with Crippen molar-refractivity contribution in [3.63, 3.8) is 0 Å². The van der Waals surface area contributed by atoms with Crippen LogP contribution in [0.25, 0.3) is 0 Å². The molecule has 4 fully saturated rings. The van der Waals surface area contributed by atoms with E-state index in [1.165, 1.54) is 57.8 Å². The first kappa shape index (κ1) is 26.5. The van der Waals surface area contributed by atoms with Crippen LogP contribution in [0.4, 0.5) is 0 Å². The summed E-state index contributed by atoms with van der Waals surface area (Å²) in [5.41, 5.74) is 2.80. The second-order valence-electron chi connectivity index (χ2n) is 10.9. The number of fused-ring (bicyclic) bond motifs is 5. The largest absolute Gasteiger partial charge is 0.481 e. The highest BCUT2D eigenvalue weighted by Crippen LogP contribution is 2.68. The standard InChI is InChI=1S/C25H40O2.2C2H6/c1-4-17-16-19-21-12-11-18(8-7-10-23(26)27)24(21,2)15-13-22(19)25(3)14-6-5-9-20(17)25;2*1-2/h4,18-22H,5-16H2,1-3H3,(H,26,27);2*1-2H3/b17-4-;;. The van der Waals surface area contributed by atoms with Gasteiger partial charge >= 0.3 is 5.97 Å². The number of hydrogen-bond acceptors (Lipinski definition) is 1. The summed E-state index contributed by atoms with van der Waals surface area (Å²) in [5.74, 6) is 3.69. The summed E-state index contributed by atoms with van der Waals surface area (Å²) in [7, 11) is 0. The van der Waals surface area contributed by atoms with Crippen molar-refractivity contribution in [1.82, 2.24) is 0 Å². The number of rotatable bonds is 4. The van der Waals surface area contributed by atoms with Gasteiger partial charge in [-0.2, -0.15) is 0 Å². The van der Waals surface area contributed by atoms with E-state index in [-0.39, 0.29) is 0 Å². The first-order valence-corrected chi connectivity index (χ1v) is 13.8. The third-order valence-corrected chi connectivity index (χ3v) is 9.97. The van der Waals surface area contributed by atoms with Crippen molar-refractivity contribution in [3.05, 3.63) is 11.6 Å². The van der Waals surface area contributed by atoms with Crippen LogP contribution in [-0.2, 0) is 4.79 Å². The molecule has 2 nitrogen and oxygen atoms in total. The summed E-state index contributed by atoms with van der Waals surface area (Å²) in [4.78, 5) is 11.0.